The molecule has 108 valence electrons. The topological polar surface area (TPSA) is 23.6 Å². The van der Waals surface area contributed by atoms with Crippen LogP contribution in [0.1, 0.15) is 16.8 Å². The van der Waals surface area contributed by atoms with Gasteiger partial charge in [0.25, 0.3) is 5.91 Å². The van der Waals surface area contributed by atoms with Gasteiger partial charge < -0.3 is 4.90 Å². The Morgan fingerprint density at radius 1 is 1.15 bits per heavy atom. The van der Waals surface area contributed by atoms with Crippen molar-refractivity contribution in [1.29, 1.82) is 0 Å². The largest absolute Gasteiger partial charge is 0.337 e. The Bertz CT molecular complexity index is 484. The molecular weight excluding hydrogens is 262 g/mol. The van der Waals surface area contributed by atoms with Crippen molar-refractivity contribution < 1.29 is 13.6 Å². The maximum Gasteiger partial charge on any atom is 0.254 e. The predicted molar refractivity (Wildman–Crippen MR) is 73.5 cm³/mol. The van der Waals surface area contributed by atoms with Crippen molar-refractivity contribution in [2.45, 2.75) is 6.42 Å². The maximum atomic E-state index is 13.2. The maximum absolute atomic E-state index is 13.2. The van der Waals surface area contributed by atoms with Crippen LogP contribution in [0.5, 0.6) is 0 Å². The average Bonchev–Trinajstić information content (AvgIpc) is 2.63. The third-order valence-corrected chi connectivity index (χ3v) is 3.37. The molecule has 1 aromatic rings. The highest BCUT2D eigenvalue weighted by atomic mass is 19.1. The summed E-state index contributed by atoms with van der Waals surface area (Å²) in [5.74, 6) is -1.77. The number of carbonyl (C=O) groups excluding carboxylic acids is 1. The molecule has 1 aliphatic heterocycles. The summed E-state index contributed by atoms with van der Waals surface area (Å²) >= 11 is 0. The van der Waals surface area contributed by atoms with Crippen molar-refractivity contribution in [2.24, 2.45) is 0 Å². The molecule has 1 heterocycles. The van der Waals surface area contributed by atoms with E-state index in [0.717, 1.165) is 44.3 Å². The van der Waals surface area contributed by atoms with E-state index in [1.807, 2.05) is 6.08 Å². The molecule has 1 aliphatic rings. The summed E-state index contributed by atoms with van der Waals surface area (Å²) in [5.41, 5.74) is 0.0691. The van der Waals surface area contributed by atoms with Gasteiger partial charge in [0, 0.05) is 44.4 Å². The average molecular weight is 280 g/mol. The third kappa shape index (κ3) is 3.63. The van der Waals surface area contributed by atoms with Crippen LogP contribution in [0, 0.1) is 11.6 Å². The molecular formula is C15H18F2N2O. The molecule has 1 aromatic carbocycles. The highest BCUT2D eigenvalue weighted by Gasteiger charge is 2.20. The van der Waals surface area contributed by atoms with Gasteiger partial charge >= 0.3 is 0 Å². The summed E-state index contributed by atoms with van der Waals surface area (Å²) in [6.07, 6.45) is 2.68. The molecule has 20 heavy (non-hydrogen) atoms. The molecule has 0 N–H and O–H groups in total. The van der Waals surface area contributed by atoms with E-state index in [-0.39, 0.29) is 11.5 Å². The van der Waals surface area contributed by atoms with Crippen LogP contribution < -0.4 is 0 Å². The van der Waals surface area contributed by atoms with Crippen LogP contribution >= 0.6 is 0 Å². The second kappa shape index (κ2) is 6.61. The zero-order valence-electron chi connectivity index (χ0n) is 11.3. The molecule has 0 radical (unpaired) electrons. The van der Waals surface area contributed by atoms with Gasteiger partial charge in [-0.15, -0.1) is 6.58 Å². The first kappa shape index (κ1) is 14.7. The summed E-state index contributed by atoms with van der Waals surface area (Å²) in [6, 6.07) is 2.93. The molecule has 5 heteroatoms. The van der Waals surface area contributed by atoms with E-state index in [4.69, 9.17) is 0 Å². The first-order chi connectivity index (χ1) is 9.60. The van der Waals surface area contributed by atoms with Gasteiger partial charge in [0.2, 0.25) is 0 Å². The zero-order chi connectivity index (χ0) is 14.5. The SMILES string of the molecule is C=CCN1CCCN(C(=O)c2cc(F)cc(F)c2)CC1. The molecule has 0 bridgehead atoms. The number of hydrogen-bond acceptors (Lipinski definition) is 2. The Labute approximate surface area is 117 Å². The van der Waals surface area contributed by atoms with Gasteiger partial charge in [0.1, 0.15) is 11.6 Å². The predicted octanol–water partition coefficient (Wildman–Crippen LogP) is 2.30. The van der Waals surface area contributed by atoms with Crippen molar-refractivity contribution in [2.75, 3.05) is 32.7 Å². The molecule has 0 atom stereocenters. The molecule has 1 saturated heterocycles. The fourth-order valence-electron chi connectivity index (χ4n) is 2.40. The number of halogens is 2. The third-order valence-electron chi connectivity index (χ3n) is 3.37. The monoisotopic (exact) mass is 280 g/mol. The van der Waals surface area contributed by atoms with Gasteiger partial charge in [-0.05, 0) is 18.6 Å². The molecule has 1 amide bonds. The lowest BCUT2D eigenvalue weighted by atomic mass is 10.2. The first-order valence-electron chi connectivity index (χ1n) is 6.69. The van der Waals surface area contributed by atoms with E-state index < -0.39 is 11.6 Å². The minimum Gasteiger partial charge on any atom is -0.337 e. The first-order valence-corrected chi connectivity index (χ1v) is 6.69. The van der Waals surface area contributed by atoms with E-state index in [1.165, 1.54) is 0 Å². The molecule has 0 aliphatic carbocycles. The van der Waals surface area contributed by atoms with Gasteiger partial charge in [0.15, 0.2) is 0 Å². The molecule has 0 unspecified atom stereocenters. The van der Waals surface area contributed by atoms with E-state index in [0.29, 0.717) is 13.1 Å². The van der Waals surface area contributed by atoms with Gasteiger partial charge in [-0.2, -0.15) is 0 Å². The number of hydrogen-bond donors (Lipinski definition) is 0. The fourth-order valence-corrected chi connectivity index (χ4v) is 2.40. The Hall–Kier alpha value is -1.75. The van der Waals surface area contributed by atoms with Gasteiger partial charge in [-0.3, -0.25) is 9.69 Å². The second-order valence-corrected chi connectivity index (χ2v) is 4.89. The Balaban J connectivity index is 2.07. The second-order valence-electron chi connectivity index (χ2n) is 4.89. The van der Waals surface area contributed by atoms with Crippen LogP contribution in [-0.2, 0) is 0 Å². The standard InChI is InChI=1S/C15H18F2N2O/c1-2-4-18-5-3-6-19(8-7-18)15(20)12-9-13(16)11-14(17)10-12/h2,9-11H,1,3-8H2. The Morgan fingerprint density at radius 2 is 1.85 bits per heavy atom. The number of benzene rings is 1. The van der Waals surface area contributed by atoms with Crippen molar-refractivity contribution in [3.63, 3.8) is 0 Å². The number of carbonyl (C=O) groups is 1. The smallest absolute Gasteiger partial charge is 0.254 e. The Morgan fingerprint density at radius 3 is 2.50 bits per heavy atom. The van der Waals surface area contributed by atoms with Crippen LogP contribution in [0.3, 0.4) is 0 Å². The normalized spacial score (nSPS) is 16.8. The summed E-state index contributed by atoms with van der Waals surface area (Å²) in [6.45, 7) is 7.29. The van der Waals surface area contributed by atoms with E-state index in [9.17, 15) is 13.6 Å². The van der Waals surface area contributed by atoms with Gasteiger partial charge in [0.05, 0.1) is 0 Å². The van der Waals surface area contributed by atoms with Gasteiger partial charge in [-0.1, -0.05) is 6.08 Å². The summed E-state index contributed by atoms with van der Waals surface area (Å²) in [4.78, 5) is 16.1. The lowest BCUT2D eigenvalue weighted by Crippen LogP contribution is -2.35. The molecule has 1 fully saturated rings. The van der Waals surface area contributed by atoms with Crippen LogP contribution in [0.15, 0.2) is 30.9 Å². The minimum absolute atomic E-state index is 0.0691. The highest BCUT2D eigenvalue weighted by molar-refractivity contribution is 5.94. The quantitative estimate of drug-likeness (QED) is 0.793. The van der Waals surface area contributed by atoms with Crippen LogP contribution in [0.4, 0.5) is 8.78 Å². The zero-order valence-corrected chi connectivity index (χ0v) is 11.3. The highest BCUT2D eigenvalue weighted by Crippen LogP contribution is 2.13. The van der Waals surface area contributed by atoms with Gasteiger partial charge in [-0.25, -0.2) is 8.78 Å². The van der Waals surface area contributed by atoms with E-state index in [1.54, 1.807) is 4.90 Å². The van der Waals surface area contributed by atoms with Crippen LogP contribution in [-0.4, -0.2) is 48.4 Å². The molecule has 0 spiro atoms. The number of rotatable bonds is 3. The summed E-state index contributed by atoms with van der Waals surface area (Å²) in [5, 5.41) is 0. The van der Waals surface area contributed by atoms with Crippen molar-refractivity contribution >= 4 is 5.91 Å². The molecule has 0 aromatic heterocycles. The minimum atomic E-state index is -0.726. The van der Waals surface area contributed by atoms with Crippen molar-refractivity contribution in [1.82, 2.24) is 9.80 Å². The lowest BCUT2D eigenvalue weighted by Gasteiger charge is -2.21. The van der Waals surface area contributed by atoms with Crippen molar-refractivity contribution in [3.8, 4) is 0 Å². The summed E-state index contributed by atoms with van der Waals surface area (Å²) < 4.78 is 26.3. The Kier molecular flexibility index (Phi) is 4.84. The van der Waals surface area contributed by atoms with E-state index in [2.05, 4.69) is 11.5 Å². The molecule has 3 nitrogen and oxygen atoms in total. The molecule has 2 rings (SSSR count). The lowest BCUT2D eigenvalue weighted by molar-refractivity contribution is 0.0761. The van der Waals surface area contributed by atoms with Crippen LogP contribution in [0.2, 0.25) is 0 Å². The number of nitrogens with zero attached hydrogens (tertiary/aromatic N) is 2. The van der Waals surface area contributed by atoms with E-state index >= 15 is 0 Å². The van der Waals surface area contributed by atoms with Crippen LogP contribution in [0.25, 0.3) is 0 Å². The molecule has 0 saturated carbocycles. The fraction of sp³-hybridized carbons (Fsp3) is 0.400. The van der Waals surface area contributed by atoms with Crippen molar-refractivity contribution in [3.05, 3.63) is 48.1 Å². The summed E-state index contributed by atoms with van der Waals surface area (Å²) in [7, 11) is 0. The number of amides is 1.